The highest BCUT2D eigenvalue weighted by molar-refractivity contribution is 5.82. The zero-order valence-electron chi connectivity index (χ0n) is 11.4. The summed E-state index contributed by atoms with van der Waals surface area (Å²) in [5, 5.41) is 10.8. The van der Waals surface area contributed by atoms with Crippen LogP contribution in [0.5, 0.6) is 0 Å². The largest absolute Gasteiger partial charge is 0.350 e. The van der Waals surface area contributed by atoms with Crippen molar-refractivity contribution in [2.75, 3.05) is 6.54 Å². The average Bonchev–Trinajstić information content (AvgIpc) is 2.79. The highest BCUT2D eigenvalue weighted by Gasteiger charge is 2.26. The maximum absolute atomic E-state index is 12.2. The molecule has 0 radical (unpaired) electrons. The summed E-state index contributed by atoms with van der Waals surface area (Å²) in [6.45, 7) is 3.61. The minimum atomic E-state index is -0.00682. The summed E-state index contributed by atoms with van der Waals surface area (Å²) in [6, 6.07) is 0.178. The van der Waals surface area contributed by atoms with Crippen molar-refractivity contribution in [1.82, 2.24) is 25.4 Å². The predicted octanol–water partition coefficient (Wildman–Crippen LogP) is 0.160. The van der Waals surface area contributed by atoms with Gasteiger partial charge in [0.2, 0.25) is 5.91 Å². The van der Waals surface area contributed by atoms with Crippen LogP contribution in [-0.4, -0.2) is 39.3 Å². The Morgan fingerprint density at radius 3 is 3.11 bits per heavy atom. The number of nitrogens with zero attached hydrogens (tertiary/aromatic N) is 3. The summed E-state index contributed by atoms with van der Waals surface area (Å²) in [5.74, 6) is 2.00. The molecule has 1 aromatic rings. The van der Waals surface area contributed by atoms with Gasteiger partial charge in [-0.3, -0.25) is 4.79 Å². The second-order valence-electron chi connectivity index (χ2n) is 5.50. The number of piperidine rings is 1. The number of hydrogen-bond acceptors (Lipinski definition) is 4. The number of rotatable bonds is 2. The van der Waals surface area contributed by atoms with Gasteiger partial charge in [-0.1, -0.05) is 6.42 Å². The van der Waals surface area contributed by atoms with Gasteiger partial charge < -0.3 is 10.6 Å². The minimum Gasteiger partial charge on any atom is -0.350 e. The van der Waals surface area contributed by atoms with Crippen LogP contribution in [0.3, 0.4) is 0 Å². The number of nitrogens with one attached hydrogen (secondary N) is 2. The van der Waals surface area contributed by atoms with Gasteiger partial charge in [-0.25, -0.2) is 9.67 Å². The zero-order chi connectivity index (χ0) is 13.2. The molecule has 0 bridgehead atoms. The Kier molecular flexibility index (Phi) is 3.50. The van der Waals surface area contributed by atoms with Gasteiger partial charge in [0.05, 0.1) is 12.6 Å². The third-order valence-electron chi connectivity index (χ3n) is 3.94. The Bertz CT molecular complexity index is 464. The normalized spacial score (nSPS) is 26.8. The molecule has 1 aromatic heterocycles. The fourth-order valence-corrected chi connectivity index (χ4v) is 2.93. The third-order valence-corrected chi connectivity index (χ3v) is 3.94. The van der Waals surface area contributed by atoms with Crippen molar-refractivity contribution < 1.29 is 4.79 Å². The average molecular weight is 263 g/mol. The minimum absolute atomic E-state index is 0.00682. The lowest BCUT2D eigenvalue weighted by Crippen LogP contribution is -2.51. The van der Waals surface area contributed by atoms with Crippen LogP contribution in [0.4, 0.5) is 0 Å². The number of hydrogen-bond donors (Lipinski definition) is 2. The van der Waals surface area contributed by atoms with Gasteiger partial charge in [0.25, 0.3) is 0 Å². The smallest absolute Gasteiger partial charge is 0.237 e. The molecule has 2 aliphatic heterocycles. The van der Waals surface area contributed by atoms with Crippen LogP contribution < -0.4 is 10.6 Å². The number of fused-ring (bicyclic) bond motifs is 1. The highest BCUT2D eigenvalue weighted by Crippen LogP contribution is 2.14. The number of carbonyl (C=O) groups excluding carboxylic acids is 1. The van der Waals surface area contributed by atoms with Crippen LogP contribution in [0, 0.1) is 6.92 Å². The Morgan fingerprint density at radius 1 is 1.42 bits per heavy atom. The van der Waals surface area contributed by atoms with Crippen molar-refractivity contribution in [2.24, 2.45) is 0 Å². The maximum Gasteiger partial charge on any atom is 0.237 e. The second-order valence-corrected chi connectivity index (χ2v) is 5.50. The van der Waals surface area contributed by atoms with E-state index in [9.17, 15) is 4.79 Å². The molecule has 104 valence electrons. The van der Waals surface area contributed by atoms with Crippen molar-refractivity contribution in [3.63, 3.8) is 0 Å². The lowest BCUT2D eigenvalue weighted by molar-refractivity contribution is -0.124. The Morgan fingerprint density at radius 2 is 2.32 bits per heavy atom. The first kappa shape index (κ1) is 12.6. The molecule has 3 rings (SSSR count). The molecule has 2 unspecified atom stereocenters. The SMILES string of the molecule is Cc1nc2n(n1)CC(NC(=O)C1CCCCN1)CC2. The summed E-state index contributed by atoms with van der Waals surface area (Å²) in [5.41, 5.74) is 0. The molecule has 6 nitrogen and oxygen atoms in total. The monoisotopic (exact) mass is 263 g/mol. The fourth-order valence-electron chi connectivity index (χ4n) is 2.93. The maximum atomic E-state index is 12.2. The highest BCUT2D eigenvalue weighted by atomic mass is 16.2. The standard InChI is InChI=1S/C13H21N5O/c1-9-15-12-6-5-10(8-18(12)17-9)16-13(19)11-4-2-3-7-14-11/h10-11,14H,2-8H2,1H3,(H,16,19). The molecule has 0 spiro atoms. The molecule has 2 aliphatic rings. The number of amides is 1. The van der Waals surface area contributed by atoms with Gasteiger partial charge in [0.1, 0.15) is 11.6 Å². The predicted molar refractivity (Wildman–Crippen MR) is 70.7 cm³/mol. The van der Waals surface area contributed by atoms with E-state index in [0.717, 1.165) is 50.4 Å². The fraction of sp³-hybridized carbons (Fsp3) is 0.769. The molecule has 1 fully saturated rings. The molecule has 2 atom stereocenters. The molecular formula is C13H21N5O. The summed E-state index contributed by atoms with van der Waals surface area (Å²) in [7, 11) is 0. The second kappa shape index (κ2) is 5.28. The van der Waals surface area contributed by atoms with E-state index in [2.05, 4.69) is 20.7 Å². The molecule has 19 heavy (non-hydrogen) atoms. The van der Waals surface area contributed by atoms with Crippen molar-refractivity contribution in [2.45, 2.75) is 57.7 Å². The Balaban J connectivity index is 1.57. The number of aromatic nitrogens is 3. The first-order valence-electron chi connectivity index (χ1n) is 7.16. The first-order chi connectivity index (χ1) is 9.22. The van der Waals surface area contributed by atoms with Gasteiger partial charge in [-0.15, -0.1) is 0 Å². The topological polar surface area (TPSA) is 71.8 Å². The summed E-state index contributed by atoms with van der Waals surface area (Å²) < 4.78 is 1.93. The molecule has 1 saturated heterocycles. The molecule has 2 N–H and O–H groups in total. The van der Waals surface area contributed by atoms with Crippen molar-refractivity contribution in [3.05, 3.63) is 11.6 Å². The molecule has 3 heterocycles. The van der Waals surface area contributed by atoms with Crippen LogP contribution in [0.1, 0.15) is 37.3 Å². The zero-order valence-corrected chi connectivity index (χ0v) is 11.4. The van der Waals surface area contributed by atoms with Crippen LogP contribution in [0.25, 0.3) is 0 Å². The van der Waals surface area contributed by atoms with Crippen molar-refractivity contribution >= 4 is 5.91 Å². The van der Waals surface area contributed by atoms with Crippen LogP contribution >= 0.6 is 0 Å². The van der Waals surface area contributed by atoms with E-state index in [1.165, 1.54) is 6.42 Å². The van der Waals surface area contributed by atoms with Gasteiger partial charge in [-0.2, -0.15) is 5.10 Å². The van der Waals surface area contributed by atoms with E-state index in [4.69, 9.17) is 0 Å². The van der Waals surface area contributed by atoms with E-state index >= 15 is 0 Å². The quantitative estimate of drug-likeness (QED) is 0.797. The summed E-state index contributed by atoms with van der Waals surface area (Å²) in [6.07, 6.45) is 5.11. The van der Waals surface area contributed by atoms with Gasteiger partial charge in [0.15, 0.2) is 0 Å². The number of carbonyl (C=O) groups is 1. The molecular weight excluding hydrogens is 242 g/mol. The Hall–Kier alpha value is -1.43. The van der Waals surface area contributed by atoms with Crippen LogP contribution in [0.15, 0.2) is 0 Å². The van der Waals surface area contributed by atoms with Gasteiger partial charge >= 0.3 is 0 Å². The lowest BCUT2D eigenvalue weighted by atomic mass is 10.0. The van der Waals surface area contributed by atoms with E-state index < -0.39 is 0 Å². The van der Waals surface area contributed by atoms with E-state index in [1.54, 1.807) is 0 Å². The third kappa shape index (κ3) is 2.78. The molecule has 0 aromatic carbocycles. The van der Waals surface area contributed by atoms with Gasteiger partial charge in [-0.05, 0) is 32.7 Å². The summed E-state index contributed by atoms with van der Waals surface area (Å²) >= 11 is 0. The van der Waals surface area contributed by atoms with E-state index in [-0.39, 0.29) is 18.0 Å². The first-order valence-corrected chi connectivity index (χ1v) is 7.16. The van der Waals surface area contributed by atoms with E-state index in [0.29, 0.717) is 0 Å². The van der Waals surface area contributed by atoms with Crippen LogP contribution in [0.2, 0.25) is 0 Å². The lowest BCUT2D eigenvalue weighted by Gasteiger charge is -2.28. The van der Waals surface area contributed by atoms with Crippen LogP contribution in [-0.2, 0) is 17.8 Å². The number of aryl methyl sites for hydroxylation is 2. The molecule has 0 aliphatic carbocycles. The summed E-state index contributed by atoms with van der Waals surface area (Å²) in [4.78, 5) is 16.5. The van der Waals surface area contributed by atoms with Crippen molar-refractivity contribution in [1.29, 1.82) is 0 Å². The molecule has 6 heteroatoms. The molecule has 0 saturated carbocycles. The van der Waals surface area contributed by atoms with E-state index in [1.807, 2.05) is 11.6 Å². The van der Waals surface area contributed by atoms with Crippen molar-refractivity contribution in [3.8, 4) is 0 Å². The molecule has 1 amide bonds. The van der Waals surface area contributed by atoms with Gasteiger partial charge in [0, 0.05) is 12.5 Å². The Labute approximate surface area is 113 Å².